The molecule has 2 fully saturated rings. The number of rotatable bonds is 6. The van der Waals surface area contributed by atoms with E-state index in [-0.39, 0.29) is 11.8 Å². The van der Waals surface area contributed by atoms with Crippen LogP contribution in [0.2, 0.25) is 0 Å². The van der Waals surface area contributed by atoms with Crippen LogP contribution in [0.25, 0.3) is 0 Å². The number of amides is 1. The number of hydrogen-bond acceptors (Lipinski definition) is 6. The average Bonchev–Trinajstić information content (AvgIpc) is 2.98. The zero-order chi connectivity index (χ0) is 15.7. The summed E-state index contributed by atoms with van der Waals surface area (Å²) in [6.45, 7) is 6.09. The zero-order valence-corrected chi connectivity index (χ0v) is 12.7. The first-order chi connectivity index (χ1) is 10.6. The van der Waals surface area contributed by atoms with Crippen molar-refractivity contribution in [2.24, 2.45) is 23.7 Å². The molecule has 0 radical (unpaired) electrons. The lowest BCUT2D eigenvalue weighted by Gasteiger charge is -2.18. The third kappa shape index (κ3) is 2.94. The van der Waals surface area contributed by atoms with Gasteiger partial charge in [-0.25, -0.2) is 15.4 Å². The minimum absolute atomic E-state index is 0.222. The molecule has 1 amide bonds. The van der Waals surface area contributed by atoms with Crippen molar-refractivity contribution >= 4 is 18.1 Å². The predicted molar refractivity (Wildman–Crippen MR) is 79.0 cm³/mol. The summed E-state index contributed by atoms with van der Waals surface area (Å²) in [7, 11) is 0. The van der Waals surface area contributed by atoms with Crippen molar-refractivity contribution in [3.8, 4) is 0 Å². The van der Waals surface area contributed by atoms with Gasteiger partial charge in [-0.15, -0.1) is 0 Å². The normalized spacial score (nSPS) is 26.0. The molecule has 0 aromatic carbocycles. The van der Waals surface area contributed by atoms with Crippen LogP contribution in [0.1, 0.15) is 24.2 Å². The largest absolute Gasteiger partial charge is 0.340 e. The van der Waals surface area contributed by atoms with Crippen LogP contribution in [0.5, 0.6) is 0 Å². The SMILES string of the molecule is CC(C)CONC(=O)c1cnc(N2CC3C(C=O)C3C2)nc1. The van der Waals surface area contributed by atoms with E-state index in [2.05, 4.69) is 20.3 Å². The molecule has 118 valence electrons. The molecule has 0 bridgehead atoms. The maximum Gasteiger partial charge on any atom is 0.277 e. The number of hydrogen-bond donors (Lipinski definition) is 1. The van der Waals surface area contributed by atoms with E-state index in [1.54, 1.807) is 0 Å². The molecule has 2 unspecified atom stereocenters. The van der Waals surface area contributed by atoms with E-state index in [1.165, 1.54) is 12.4 Å². The van der Waals surface area contributed by atoms with Gasteiger partial charge in [0.2, 0.25) is 5.95 Å². The van der Waals surface area contributed by atoms with Crippen molar-refractivity contribution in [2.45, 2.75) is 13.8 Å². The molecule has 7 heteroatoms. The Bertz CT molecular complexity index is 548. The van der Waals surface area contributed by atoms with Gasteiger partial charge in [0.25, 0.3) is 5.91 Å². The number of anilines is 1. The molecule has 0 spiro atoms. The minimum Gasteiger partial charge on any atom is -0.340 e. The van der Waals surface area contributed by atoms with E-state index in [9.17, 15) is 9.59 Å². The van der Waals surface area contributed by atoms with Crippen LogP contribution in [-0.4, -0.2) is 41.9 Å². The summed E-state index contributed by atoms with van der Waals surface area (Å²) in [6.07, 6.45) is 4.05. The Morgan fingerprint density at radius 1 is 1.41 bits per heavy atom. The number of aromatic nitrogens is 2. The van der Waals surface area contributed by atoms with Crippen molar-refractivity contribution in [2.75, 3.05) is 24.6 Å². The Balaban J connectivity index is 1.53. The fraction of sp³-hybridized carbons (Fsp3) is 0.600. The molecule has 2 aliphatic rings. The average molecular weight is 304 g/mol. The van der Waals surface area contributed by atoms with Crippen LogP contribution in [0.3, 0.4) is 0 Å². The molecule has 1 aliphatic heterocycles. The summed E-state index contributed by atoms with van der Waals surface area (Å²) >= 11 is 0. The molecule has 1 aromatic rings. The summed E-state index contributed by atoms with van der Waals surface area (Å²) in [5, 5.41) is 0. The molecule has 2 heterocycles. The van der Waals surface area contributed by atoms with E-state index in [0.29, 0.717) is 35.9 Å². The number of fused-ring (bicyclic) bond motifs is 1. The minimum atomic E-state index is -0.350. The highest BCUT2D eigenvalue weighted by molar-refractivity contribution is 5.92. The van der Waals surface area contributed by atoms with Crippen LogP contribution in [0.4, 0.5) is 5.95 Å². The van der Waals surface area contributed by atoms with Gasteiger partial charge >= 0.3 is 0 Å². The van der Waals surface area contributed by atoms with E-state index < -0.39 is 0 Å². The van der Waals surface area contributed by atoms with Crippen LogP contribution < -0.4 is 10.4 Å². The Hall–Kier alpha value is -2.02. The highest BCUT2D eigenvalue weighted by Crippen LogP contribution is 2.50. The van der Waals surface area contributed by atoms with Gasteiger partial charge in [0, 0.05) is 31.4 Å². The van der Waals surface area contributed by atoms with Crippen LogP contribution in [0.15, 0.2) is 12.4 Å². The second-order valence-electron chi connectivity index (χ2n) is 6.35. The number of nitrogens with one attached hydrogen (secondary N) is 1. The van der Waals surface area contributed by atoms with Crippen molar-refractivity contribution < 1.29 is 14.4 Å². The first kappa shape index (κ1) is 14.9. The Kier molecular flexibility index (Phi) is 4.06. The van der Waals surface area contributed by atoms with Gasteiger partial charge in [0.1, 0.15) is 6.29 Å². The molecular weight excluding hydrogens is 284 g/mol. The number of carbonyl (C=O) groups is 2. The molecule has 2 atom stereocenters. The van der Waals surface area contributed by atoms with Gasteiger partial charge in [-0.2, -0.15) is 0 Å². The lowest BCUT2D eigenvalue weighted by molar-refractivity contribution is -0.109. The standard InChI is InChI=1S/C15H20N4O3/c1-9(2)8-22-18-14(21)10-3-16-15(17-4-10)19-5-11-12(6-19)13(11)7-20/h3-4,7,9,11-13H,5-6,8H2,1-2H3,(H,18,21). The second-order valence-corrected chi connectivity index (χ2v) is 6.35. The van der Waals surface area contributed by atoms with Crippen LogP contribution in [0, 0.1) is 23.7 Å². The summed E-state index contributed by atoms with van der Waals surface area (Å²) in [5.41, 5.74) is 2.74. The van der Waals surface area contributed by atoms with E-state index in [1.807, 2.05) is 13.8 Å². The maximum absolute atomic E-state index is 11.8. The highest BCUT2D eigenvalue weighted by atomic mass is 16.6. The Labute approximate surface area is 129 Å². The van der Waals surface area contributed by atoms with Crippen molar-refractivity contribution in [3.05, 3.63) is 18.0 Å². The lowest BCUT2D eigenvalue weighted by Crippen LogP contribution is -2.28. The van der Waals surface area contributed by atoms with Crippen LogP contribution in [-0.2, 0) is 9.63 Å². The highest BCUT2D eigenvalue weighted by Gasteiger charge is 2.56. The number of piperidine rings is 1. The van der Waals surface area contributed by atoms with Gasteiger partial charge in [-0.3, -0.25) is 9.63 Å². The fourth-order valence-corrected chi connectivity index (χ4v) is 2.87. The molecule has 7 nitrogen and oxygen atoms in total. The molecule has 1 aliphatic carbocycles. The van der Waals surface area contributed by atoms with Crippen molar-refractivity contribution in [1.29, 1.82) is 0 Å². The Morgan fingerprint density at radius 3 is 2.59 bits per heavy atom. The smallest absolute Gasteiger partial charge is 0.277 e. The number of hydroxylamine groups is 1. The molecular formula is C15H20N4O3. The zero-order valence-electron chi connectivity index (χ0n) is 12.7. The topological polar surface area (TPSA) is 84.4 Å². The van der Waals surface area contributed by atoms with Crippen LogP contribution >= 0.6 is 0 Å². The van der Waals surface area contributed by atoms with Gasteiger partial charge in [-0.1, -0.05) is 13.8 Å². The molecule has 22 heavy (non-hydrogen) atoms. The van der Waals surface area contributed by atoms with E-state index >= 15 is 0 Å². The Morgan fingerprint density at radius 2 is 2.05 bits per heavy atom. The summed E-state index contributed by atoms with van der Waals surface area (Å²) in [6, 6.07) is 0. The third-order valence-electron chi connectivity index (χ3n) is 4.18. The first-order valence-corrected chi connectivity index (χ1v) is 7.54. The van der Waals surface area contributed by atoms with E-state index in [4.69, 9.17) is 4.84 Å². The number of aldehydes is 1. The predicted octanol–water partition coefficient (Wildman–Crippen LogP) is 0.675. The monoisotopic (exact) mass is 304 g/mol. The maximum atomic E-state index is 11.8. The van der Waals surface area contributed by atoms with Gasteiger partial charge in [0.05, 0.1) is 12.2 Å². The molecule has 3 rings (SSSR count). The van der Waals surface area contributed by atoms with Gasteiger partial charge < -0.3 is 9.69 Å². The number of carbonyl (C=O) groups excluding carboxylic acids is 2. The lowest BCUT2D eigenvalue weighted by atomic mass is 10.2. The summed E-state index contributed by atoms with van der Waals surface area (Å²) in [4.78, 5) is 38.2. The quantitative estimate of drug-likeness (QED) is 0.614. The van der Waals surface area contributed by atoms with Crippen molar-refractivity contribution in [3.63, 3.8) is 0 Å². The second kappa shape index (κ2) is 6.00. The molecule has 1 saturated carbocycles. The summed E-state index contributed by atoms with van der Waals surface area (Å²) in [5.74, 6) is 1.73. The van der Waals surface area contributed by atoms with Gasteiger partial charge in [0.15, 0.2) is 0 Å². The third-order valence-corrected chi connectivity index (χ3v) is 4.18. The van der Waals surface area contributed by atoms with Gasteiger partial charge in [-0.05, 0) is 17.8 Å². The fourth-order valence-electron chi connectivity index (χ4n) is 2.87. The first-order valence-electron chi connectivity index (χ1n) is 7.54. The van der Waals surface area contributed by atoms with Crippen molar-refractivity contribution in [1.82, 2.24) is 15.4 Å². The molecule has 1 aromatic heterocycles. The van der Waals surface area contributed by atoms with E-state index in [0.717, 1.165) is 19.4 Å². The molecule has 1 N–H and O–H groups in total. The number of nitrogens with zero attached hydrogens (tertiary/aromatic N) is 3. The molecule has 1 saturated heterocycles. The summed E-state index contributed by atoms with van der Waals surface area (Å²) < 4.78 is 0.